The van der Waals surface area contributed by atoms with Gasteiger partial charge in [0, 0.05) is 28.5 Å². The third-order valence-corrected chi connectivity index (χ3v) is 3.21. The molecule has 0 aliphatic carbocycles. The van der Waals surface area contributed by atoms with Crippen molar-refractivity contribution in [2.24, 2.45) is 5.73 Å². The first kappa shape index (κ1) is 15.3. The van der Waals surface area contributed by atoms with Crippen LogP contribution in [0.3, 0.4) is 0 Å². The van der Waals surface area contributed by atoms with Gasteiger partial charge in [0.2, 0.25) is 5.91 Å². The van der Waals surface area contributed by atoms with Crippen LogP contribution in [0.5, 0.6) is 0 Å². The molecule has 0 bridgehead atoms. The molecule has 0 aliphatic heterocycles. The highest BCUT2D eigenvalue weighted by Crippen LogP contribution is 2.22. The number of rotatable bonds is 5. The van der Waals surface area contributed by atoms with Crippen molar-refractivity contribution in [3.63, 3.8) is 0 Å². The van der Waals surface area contributed by atoms with Gasteiger partial charge < -0.3 is 11.1 Å². The quantitative estimate of drug-likeness (QED) is 0.875. The minimum absolute atomic E-state index is 0.0310. The van der Waals surface area contributed by atoms with Crippen LogP contribution in [-0.2, 0) is 11.2 Å². The van der Waals surface area contributed by atoms with Crippen LogP contribution in [0.15, 0.2) is 18.2 Å². The Balaban J connectivity index is 2.53. The van der Waals surface area contributed by atoms with Crippen LogP contribution in [-0.4, -0.2) is 18.0 Å². The monoisotopic (exact) mass is 288 g/mol. The Morgan fingerprint density at radius 2 is 2.06 bits per heavy atom. The fourth-order valence-corrected chi connectivity index (χ4v) is 1.97. The van der Waals surface area contributed by atoms with Gasteiger partial charge in [-0.3, -0.25) is 4.79 Å². The number of carbonyl (C=O) groups excluding carboxylic acids is 1. The van der Waals surface area contributed by atoms with E-state index in [0.717, 1.165) is 5.56 Å². The summed E-state index contributed by atoms with van der Waals surface area (Å²) in [6.07, 6.45) is 0.966. The van der Waals surface area contributed by atoms with Crippen LogP contribution in [0.4, 0.5) is 0 Å². The molecule has 1 aromatic rings. The van der Waals surface area contributed by atoms with Crippen LogP contribution in [0.1, 0.15) is 25.8 Å². The Morgan fingerprint density at radius 1 is 1.39 bits per heavy atom. The fourth-order valence-electron chi connectivity index (χ4n) is 1.46. The van der Waals surface area contributed by atoms with Crippen molar-refractivity contribution >= 4 is 29.1 Å². The summed E-state index contributed by atoms with van der Waals surface area (Å²) in [6.45, 7) is 4.18. The molecule has 18 heavy (non-hydrogen) atoms. The summed E-state index contributed by atoms with van der Waals surface area (Å²) in [7, 11) is 0. The summed E-state index contributed by atoms with van der Waals surface area (Å²) < 4.78 is 0. The highest BCUT2D eigenvalue weighted by molar-refractivity contribution is 6.35. The van der Waals surface area contributed by atoms with Crippen molar-refractivity contribution in [1.82, 2.24) is 5.32 Å². The number of halogens is 2. The van der Waals surface area contributed by atoms with E-state index in [1.54, 1.807) is 12.1 Å². The minimum Gasteiger partial charge on any atom is -0.350 e. The van der Waals surface area contributed by atoms with Gasteiger partial charge in [-0.05, 0) is 38.0 Å². The summed E-state index contributed by atoms with van der Waals surface area (Å²) in [6, 6.07) is 5.29. The summed E-state index contributed by atoms with van der Waals surface area (Å²) >= 11 is 11.8. The van der Waals surface area contributed by atoms with Crippen LogP contribution >= 0.6 is 23.2 Å². The second-order valence-corrected chi connectivity index (χ2v) is 5.72. The molecule has 0 fully saturated rings. The van der Waals surface area contributed by atoms with E-state index in [4.69, 9.17) is 28.9 Å². The number of benzene rings is 1. The molecule has 1 amide bonds. The smallest absolute Gasteiger partial charge is 0.220 e. The van der Waals surface area contributed by atoms with Crippen LogP contribution in [0.2, 0.25) is 10.0 Å². The Morgan fingerprint density at radius 3 is 2.61 bits per heavy atom. The highest BCUT2D eigenvalue weighted by Gasteiger charge is 2.18. The molecule has 0 saturated heterocycles. The Hall–Kier alpha value is -0.770. The summed E-state index contributed by atoms with van der Waals surface area (Å²) in [5.41, 5.74) is 6.10. The lowest BCUT2D eigenvalue weighted by atomic mass is 10.0. The molecule has 0 atom stereocenters. The summed E-state index contributed by atoms with van der Waals surface area (Å²) in [4.78, 5) is 11.7. The van der Waals surface area contributed by atoms with Crippen molar-refractivity contribution < 1.29 is 4.79 Å². The maximum absolute atomic E-state index is 11.7. The third kappa shape index (κ3) is 4.84. The largest absolute Gasteiger partial charge is 0.350 e. The molecule has 5 heteroatoms. The second kappa shape index (κ2) is 6.41. The lowest BCUT2D eigenvalue weighted by Gasteiger charge is -2.24. The zero-order valence-corrected chi connectivity index (χ0v) is 12.1. The van der Waals surface area contributed by atoms with Crippen molar-refractivity contribution in [2.45, 2.75) is 32.2 Å². The molecule has 0 saturated carbocycles. The molecule has 0 radical (unpaired) electrons. The maximum atomic E-state index is 11.7. The predicted octanol–water partition coefficient (Wildman–Crippen LogP) is 2.78. The molecule has 100 valence electrons. The van der Waals surface area contributed by atoms with Crippen LogP contribution in [0, 0.1) is 0 Å². The third-order valence-electron chi connectivity index (χ3n) is 2.62. The zero-order valence-electron chi connectivity index (χ0n) is 10.6. The number of nitrogens with one attached hydrogen (secondary N) is 1. The van der Waals surface area contributed by atoms with E-state index >= 15 is 0 Å². The van der Waals surface area contributed by atoms with E-state index in [-0.39, 0.29) is 11.4 Å². The van der Waals surface area contributed by atoms with Gasteiger partial charge in [0.25, 0.3) is 0 Å². The molecule has 0 spiro atoms. The maximum Gasteiger partial charge on any atom is 0.220 e. The van der Waals surface area contributed by atoms with Crippen molar-refractivity contribution in [2.75, 3.05) is 6.54 Å². The lowest BCUT2D eigenvalue weighted by Crippen LogP contribution is -2.48. The zero-order chi connectivity index (χ0) is 13.8. The molecule has 0 aromatic heterocycles. The predicted molar refractivity (Wildman–Crippen MR) is 76.1 cm³/mol. The normalized spacial score (nSPS) is 11.4. The molecule has 3 N–H and O–H groups in total. The average molecular weight is 289 g/mol. The van der Waals surface area contributed by atoms with E-state index in [0.29, 0.717) is 29.4 Å². The van der Waals surface area contributed by atoms with Gasteiger partial charge in [0.05, 0.1) is 0 Å². The van der Waals surface area contributed by atoms with Crippen LogP contribution in [0.25, 0.3) is 0 Å². The standard InChI is InChI=1S/C13H18Cl2N2O/c1-13(2,8-16)17-12(18)6-4-9-3-5-10(14)7-11(9)15/h3,5,7H,4,6,8,16H2,1-2H3,(H,17,18). The number of amides is 1. The second-order valence-electron chi connectivity index (χ2n) is 4.87. The van der Waals surface area contributed by atoms with Crippen molar-refractivity contribution in [3.05, 3.63) is 33.8 Å². The van der Waals surface area contributed by atoms with Gasteiger partial charge in [-0.25, -0.2) is 0 Å². The molecule has 0 unspecified atom stereocenters. The number of hydrogen-bond acceptors (Lipinski definition) is 2. The lowest BCUT2D eigenvalue weighted by molar-refractivity contribution is -0.122. The van der Waals surface area contributed by atoms with Gasteiger partial charge in [0.1, 0.15) is 0 Å². The molecule has 0 aliphatic rings. The average Bonchev–Trinajstić information content (AvgIpc) is 2.27. The summed E-state index contributed by atoms with van der Waals surface area (Å²) in [5.74, 6) is -0.0310. The summed E-state index contributed by atoms with van der Waals surface area (Å²) in [5, 5.41) is 4.06. The fraction of sp³-hybridized carbons (Fsp3) is 0.462. The van der Waals surface area contributed by atoms with E-state index in [2.05, 4.69) is 5.32 Å². The van der Waals surface area contributed by atoms with Crippen molar-refractivity contribution in [3.8, 4) is 0 Å². The SMILES string of the molecule is CC(C)(CN)NC(=O)CCc1ccc(Cl)cc1Cl. The van der Waals surface area contributed by atoms with Gasteiger partial charge >= 0.3 is 0 Å². The van der Waals surface area contributed by atoms with E-state index in [1.165, 1.54) is 0 Å². The molecule has 3 nitrogen and oxygen atoms in total. The Bertz CT molecular complexity index is 433. The van der Waals surface area contributed by atoms with Gasteiger partial charge in [-0.2, -0.15) is 0 Å². The van der Waals surface area contributed by atoms with Gasteiger partial charge in [0.15, 0.2) is 0 Å². The number of hydrogen-bond donors (Lipinski definition) is 2. The molecular formula is C13H18Cl2N2O. The van der Waals surface area contributed by atoms with Gasteiger partial charge in [-0.1, -0.05) is 29.3 Å². The molecular weight excluding hydrogens is 271 g/mol. The van der Waals surface area contributed by atoms with Gasteiger partial charge in [-0.15, -0.1) is 0 Å². The number of aryl methyl sites for hydroxylation is 1. The minimum atomic E-state index is -0.374. The molecule has 0 heterocycles. The Labute approximate surface area is 118 Å². The molecule has 1 rings (SSSR count). The van der Waals surface area contributed by atoms with E-state index < -0.39 is 0 Å². The van der Waals surface area contributed by atoms with Crippen LogP contribution < -0.4 is 11.1 Å². The van der Waals surface area contributed by atoms with E-state index in [9.17, 15) is 4.79 Å². The number of nitrogens with two attached hydrogens (primary N) is 1. The first-order chi connectivity index (χ1) is 8.34. The Kier molecular flexibility index (Phi) is 5.45. The first-order valence-corrected chi connectivity index (χ1v) is 6.54. The van der Waals surface area contributed by atoms with E-state index in [1.807, 2.05) is 19.9 Å². The number of carbonyl (C=O) groups is 1. The topological polar surface area (TPSA) is 55.1 Å². The molecule has 1 aromatic carbocycles. The highest BCUT2D eigenvalue weighted by atomic mass is 35.5. The van der Waals surface area contributed by atoms with Crippen molar-refractivity contribution in [1.29, 1.82) is 0 Å². The first-order valence-electron chi connectivity index (χ1n) is 5.79.